The maximum atomic E-state index is 9.57. The van der Waals surface area contributed by atoms with Crippen LogP contribution in [0.3, 0.4) is 0 Å². The Kier molecular flexibility index (Phi) is 9.18. The summed E-state index contributed by atoms with van der Waals surface area (Å²) in [5, 5.41) is 2.57. The van der Waals surface area contributed by atoms with Crippen LogP contribution < -0.4 is 5.32 Å². The molecule has 0 spiro atoms. The van der Waals surface area contributed by atoms with Crippen LogP contribution in [-0.2, 0) is 4.79 Å². The maximum absolute atomic E-state index is 9.57. The number of nitrogens with one attached hydrogen (secondary N) is 1. The van der Waals surface area contributed by atoms with E-state index in [0.717, 1.165) is 30.3 Å². The lowest BCUT2D eigenvalue weighted by atomic mass is 10.2. The van der Waals surface area contributed by atoms with Crippen molar-refractivity contribution in [1.29, 1.82) is 0 Å². The van der Waals surface area contributed by atoms with Gasteiger partial charge >= 0.3 is 0 Å². The van der Waals surface area contributed by atoms with E-state index in [1.165, 1.54) is 5.56 Å². The average molecular weight is 272 g/mol. The Morgan fingerprint density at radius 1 is 1.33 bits per heavy atom. The number of carbonyl (C=O) groups is 1. The van der Waals surface area contributed by atoms with Gasteiger partial charge in [0.05, 0.1) is 0 Å². The minimum absolute atomic E-state index is 0.732. The van der Waals surface area contributed by atoms with Gasteiger partial charge in [-0.15, -0.1) is 0 Å². The predicted octanol–water partition coefficient (Wildman–Crippen LogP) is 3.29. The minimum atomic E-state index is 0.732. The number of halogens is 1. The van der Waals surface area contributed by atoms with Gasteiger partial charge in [0.2, 0.25) is 6.41 Å². The van der Waals surface area contributed by atoms with E-state index in [4.69, 9.17) is 0 Å². The number of carbonyl (C=O) groups excluding carboxylic acids is 1. The summed E-state index contributed by atoms with van der Waals surface area (Å²) in [6, 6.07) is 8.22. The molecule has 0 unspecified atom stereocenters. The molecule has 0 heterocycles. The number of unbranched alkanes of at least 4 members (excludes halogenated alkanes) is 1. The Labute approximate surface area is 100 Å². The molecule has 0 aliphatic rings. The molecule has 1 rings (SSSR count). The highest BCUT2D eigenvalue weighted by Crippen LogP contribution is 2.08. The molecule has 0 saturated heterocycles. The SMILES string of the molecule is CCCCNC=O.Cc1ccc(Br)cc1. The predicted molar refractivity (Wildman–Crippen MR) is 67.9 cm³/mol. The van der Waals surface area contributed by atoms with Crippen LogP contribution in [0.1, 0.15) is 25.3 Å². The lowest BCUT2D eigenvalue weighted by Gasteiger charge is -1.90. The topological polar surface area (TPSA) is 29.1 Å². The zero-order chi connectivity index (χ0) is 11.5. The first kappa shape index (κ1) is 14.2. The zero-order valence-corrected chi connectivity index (χ0v) is 10.9. The van der Waals surface area contributed by atoms with Gasteiger partial charge in [-0.05, 0) is 25.5 Å². The highest BCUT2D eigenvalue weighted by Gasteiger charge is 1.81. The monoisotopic (exact) mass is 271 g/mol. The molecule has 2 nitrogen and oxygen atoms in total. The summed E-state index contributed by atoms with van der Waals surface area (Å²) in [5.74, 6) is 0. The molecular formula is C12H18BrNO. The van der Waals surface area contributed by atoms with Crippen molar-refractivity contribution in [3.8, 4) is 0 Å². The van der Waals surface area contributed by atoms with E-state index in [-0.39, 0.29) is 0 Å². The highest BCUT2D eigenvalue weighted by molar-refractivity contribution is 9.10. The molecule has 0 saturated carbocycles. The van der Waals surface area contributed by atoms with Gasteiger partial charge in [-0.2, -0.15) is 0 Å². The fourth-order valence-corrected chi connectivity index (χ4v) is 1.14. The molecule has 1 aromatic rings. The second kappa shape index (κ2) is 9.71. The van der Waals surface area contributed by atoms with Crippen LogP contribution in [0, 0.1) is 6.92 Å². The molecule has 0 aliphatic carbocycles. The van der Waals surface area contributed by atoms with Crippen LogP contribution in [0.25, 0.3) is 0 Å². The van der Waals surface area contributed by atoms with Gasteiger partial charge < -0.3 is 5.32 Å². The molecule has 0 bridgehead atoms. The number of hydrogen-bond donors (Lipinski definition) is 1. The number of hydrogen-bond acceptors (Lipinski definition) is 1. The number of benzene rings is 1. The van der Waals surface area contributed by atoms with Crippen molar-refractivity contribution in [2.24, 2.45) is 0 Å². The van der Waals surface area contributed by atoms with Crippen molar-refractivity contribution in [3.05, 3.63) is 34.3 Å². The summed E-state index contributed by atoms with van der Waals surface area (Å²) >= 11 is 3.35. The Morgan fingerprint density at radius 2 is 1.93 bits per heavy atom. The molecule has 15 heavy (non-hydrogen) atoms. The molecule has 1 aromatic carbocycles. The molecule has 1 N–H and O–H groups in total. The summed E-state index contributed by atoms with van der Waals surface area (Å²) in [6.07, 6.45) is 2.95. The van der Waals surface area contributed by atoms with E-state index < -0.39 is 0 Å². The van der Waals surface area contributed by atoms with E-state index in [9.17, 15) is 4.79 Å². The highest BCUT2D eigenvalue weighted by atomic mass is 79.9. The van der Waals surface area contributed by atoms with Gasteiger partial charge in [0.25, 0.3) is 0 Å². The number of amides is 1. The standard InChI is InChI=1S/C7H7Br.C5H11NO/c1-6-2-4-7(8)5-3-6;1-2-3-4-6-5-7/h2-5H,1H3;5H,2-4H2,1H3,(H,6,7). The molecule has 84 valence electrons. The van der Waals surface area contributed by atoms with Crippen molar-refractivity contribution in [2.75, 3.05) is 6.54 Å². The van der Waals surface area contributed by atoms with Gasteiger partial charge in [-0.1, -0.05) is 47.0 Å². The average Bonchev–Trinajstić information content (AvgIpc) is 2.24. The normalized spacial score (nSPS) is 8.73. The first-order valence-electron chi connectivity index (χ1n) is 5.10. The van der Waals surface area contributed by atoms with Gasteiger partial charge in [0, 0.05) is 11.0 Å². The second-order valence-electron chi connectivity index (χ2n) is 3.22. The van der Waals surface area contributed by atoms with Crippen LogP contribution in [0.4, 0.5) is 0 Å². The summed E-state index contributed by atoms with van der Waals surface area (Å²) in [7, 11) is 0. The molecular weight excluding hydrogens is 254 g/mol. The van der Waals surface area contributed by atoms with E-state index >= 15 is 0 Å². The van der Waals surface area contributed by atoms with Gasteiger partial charge in [-0.25, -0.2) is 0 Å². The van der Waals surface area contributed by atoms with E-state index in [1.807, 2.05) is 12.1 Å². The smallest absolute Gasteiger partial charge is 0.207 e. The molecule has 3 heteroatoms. The molecule has 0 aromatic heterocycles. The van der Waals surface area contributed by atoms with Crippen molar-refractivity contribution in [2.45, 2.75) is 26.7 Å². The largest absolute Gasteiger partial charge is 0.359 e. The van der Waals surface area contributed by atoms with Crippen LogP contribution in [0.2, 0.25) is 0 Å². The molecule has 0 atom stereocenters. The summed E-state index contributed by atoms with van der Waals surface area (Å²) in [4.78, 5) is 9.57. The third-order valence-electron chi connectivity index (χ3n) is 1.77. The maximum Gasteiger partial charge on any atom is 0.207 e. The Balaban J connectivity index is 0.000000265. The first-order chi connectivity index (χ1) is 7.20. The lowest BCUT2D eigenvalue weighted by Crippen LogP contribution is -2.11. The van der Waals surface area contributed by atoms with Crippen molar-refractivity contribution < 1.29 is 4.79 Å². The van der Waals surface area contributed by atoms with Crippen LogP contribution >= 0.6 is 15.9 Å². The fraction of sp³-hybridized carbons (Fsp3) is 0.417. The van der Waals surface area contributed by atoms with E-state index in [2.05, 4.69) is 47.2 Å². The van der Waals surface area contributed by atoms with Crippen molar-refractivity contribution in [1.82, 2.24) is 5.32 Å². The molecule has 0 fully saturated rings. The van der Waals surface area contributed by atoms with Crippen molar-refractivity contribution >= 4 is 22.3 Å². The Bertz CT molecular complexity index is 238. The van der Waals surface area contributed by atoms with E-state index in [1.54, 1.807) is 0 Å². The summed E-state index contributed by atoms with van der Waals surface area (Å²) < 4.78 is 1.14. The third-order valence-corrected chi connectivity index (χ3v) is 2.30. The summed E-state index contributed by atoms with van der Waals surface area (Å²) in [6.45, 7) is 4.99. The fourth-order valence-electron chi connectivity index (χ4n) is 0.871. The van der Waals surface area contributed by atoms with E-state index in [0.29, 0.717) is 0 Å². The third kappa shape index (κ3) is 9.47. The van der Waals surface area contributed by atoms with Crippen LogP contribution in [0.5, 0.6) is 0 Å². The van der Waals surface area contributed by atoms with Gasteiger partial charge in [-0.3, -0.25) is 4.79 Å². The van der Waals surface area contributed by atoms with Gasteiger partial charge in [0.15, 0.2) is 0 Å². The summed E-state index contributed by atoms with van der Waals surface area (Å²) in [5.41, 5.74) is 1.30. The molecule has 1 amide bonds. The number of rotatable bonds is 4. The number of aryl methyl sites for hydroxylation is 1. The minimum Gasteiger partial charge on any atom is -0.359 e. The quantitative estimate of drug-likeness (QED) is 0.661. The van der Waals surface area contributed by atoms with Gasteiger partial charge in [0.1, 0.15) is 0 Å². The first-order valence-corrected chi connectivity index (χ1v) is 5.89. The molecule has 0 radical (unpaired) electrons. The Hall–Kier alpha value is -0.830. The van der Waals surface area contributed by atoms with Crippen LogP contribution in [-0.4, -0.2) is 13.0 Å². The lowest BCUT2D eigenvalue weighted by molar-refractivity contribution is -0.109. The second-order valence-corrected chi connectivity index (χ2v) is 4.14. The van der Waals surface area contributed by atoms with Crippen molar-refractivity contribution in [3.63, 3.8) is 0 Å². The zero-order valence-electron chi connectivity index (χ0n) is 9.29. The van der Waals surface area contributed by atoms with Crippen LogP contribution in [0.15, 0.2) is 28.7 Å². The molecule has 0 aliphatic heterocycles. The Morgan fingerprint density at radius 3 is 2.33 bits per heavy atom.